The minimum Gasteiger partial charge on any atom is -0.324 e. The number of hydrogen-bond acceptors (Lipinski definition) is 3. The first-order valence-electron chi connectivity index (χ1n) is 6.82. The van der Waals surface area contributed by atoms with Crippen molar-refractivity contribution in [3.63, 3.8) is 0 Å². The van der Waals surface area contributed by atoms with Crippen molar-refractivity contribution in [3.05, 3.63) is 60.0 Å². The Morgan fingerprint density at radius 2 is 2.00 bits per heavy atom. The molecule has 0 saturated carbocycles. The maximum absolute atomic E-state index is 6.36. The number of para-hydroxylation sites is 1. The maximum Gasteiger partial charge on any atom is 0.0749 e. The van der Waals surface area contributed by atoms with Gasteiger partial charge in [-0.15, -0.1) is 0 Å². The van der Waals surface area contributed by atoms with E-state index in [4.69, 9.17) is 5.73 Å². The normalized spacial score (nSPS) is 12.7. The van der Waals surface area contributed by atoms with Crippen molar-refractivity contribution in [1.29, 1.82) is 0 Å². The summed E-state index contributed by atoms with van der Waals surface area (Å²) in [5.74, 6) is 0. The number of nitrogens with two attached hydrogens (primary N) is 1. The van der Waals surface area contributed by atoms with Crippen molar-refractivity contribution in [2.75, 3.05) is 0 Å². The Morgan fingerprint density at radius 1 is 1.15 bits per heavy atom. The molecule has 0 fully saturated rings. The first kappa shape index (κ1) is 12.8. The molecule has 20 heavy (non-hydrogen) atoms. The molecule has 2 N–H and O–H groups in total. The van der Waals surface area contributed by atoms with Crippen LogP contribution in [0, 0.1) is 0 Å². The molecule has 0 aliphatic heterocycles. The summed E-state index contributed by atoms with van der Waals surface area (Å²) < 4.78 is 1.90. The molecule has 1 aromatic carbocycles. The molecule has 0 spiro atoms. The van der Waals surface area contributed by atoms with Crippen LogP contribution < -0.4 is 5.73 Å². The number of rotatable bonds is 4. The van der Waals surface area contributed by atoms with Crippen LogP contribution in [0.5, 0.6) is 0 Å². The summed E-state index contributed by atoms with van der Waals surface area (Å²) in [4.78, 5) is 4.47. The maximum atomic E-state index is 6.36. The van der Waals surface area contributed by atoms with E-state index in [2.05, 4.69) is 28.3 Å². The fourth-order valence-electron chi connectivity index (χ4n) is 2.53. The lowest BCUT2D eigenvalue weighted by Crippen LogP contribution is -2.13. The molecule has 4 nitrogen and oxygen atoms in total. The molecule has 0 aliphatic carbocycles. The van der Waals surface area contributed by atoms with E-state index < -0.39 is 0 Å². The molecule has 2 heterocycles. The Kier molecular flexibility index (Phi) is 3.48. The van der Waals surface area contributed by atoms with Crippen LogP contribution in [-0.2, 0) is 13.5 Å². The SMILES string of the molecule is Cn1nccc1CCC(N)c1cccc2cccnc12. The molecule has 0 amide bonds. The zero-order valence-electron chi connectivity index (χ0n) is 11.5. The number of hydrogen-bond donors (Lipinski definition) is 1. The molecule has 1 atom stereocenters. The summed E-state index contributed by atoms with van der Waals surface area (Å²) in [5, 5.41) is 5.32. The van der Waals surface area contributed by atoms with Gasteiger partial charge in [0.2, 0.25) is 0 Å². The van der Waals surface area contributed by atoms with Gasteiger partial charge >= 0.3 is 0 Å². The molecule has 0 radical (unpaired) electrons. The highest BCUT2D eigenvalue weighted by Gasteiger charge is 2.11. The average molecular weight is 266 g/mol. The molecule has 0 saturated heterocycles. The van der Waals surface area contributed by atoms with Crippen LogP contribution >= 0.6 is 0 Å². The topological polar surface area (TPSA) is 56.7 Å². The van der Waals surface area contributed by atoms with E-state index in [0.717, 1.165) is 29.3 Å². The molecule has 1 unspecified atom stereocenters. The first-order valence-corrected chi connectivity index (χ1v) is 6.82. The van der Waals surface area contributed by atoms with E-state index in [1.165, 1.54) is 5.69 Å². The third-order valence-electron chi connectivity index (χ3n) is 3.70. The van der Waals surface area contributed by atoms with Crippen molar-refractivity contribution in [2.45, 2.75) is 18.9 Å². The van der Waals surface area contributed by atoms with Crippen LogP contribution in [0.15, 0.2) is 48.8 Å². The molecule has 4 heteroatoms. The summed E-state index contributed by atoms with van der Waals surface area (Å²) >= 11 is 0. The second-order valence-electron chi connectivity index (χ2n) is 5.01. The lowest BCUT2D eigenvalue weighted by Gasteiger charge is -2.14. The highest BCUT2D eigenvalue weighted by molar-refractivity contribution is 5.81. The smallest absolute Gasteiger partial charge is 0.0749 e. The Balaban J connectivity index is 1.82. The lowest BCUT2D eigenvalue weighted by atomic mass is 9.99. The standard InChI is InChI=1S/C16H18N4/c1-20-13(9-11-19-20)7-8-15(17)14-6-2-4-12-5-3-10-18-16(12)14/h2-6,9-11,15H,7-8,17H2,1H3. The summed E-state index contributed by atoms with van der Waals surface area (Å²) in [5.41, 5.74) is 9.68. The third kappa shape index (κ3) is 2.42. The molecule has 2 aromatic heterocycles. The fourth-order valence-corrected chi connectivity index (χ4v) is 2.53. The van der Waals surface area contributed by atoms with Crippen LogP contribution in [0.1, 0.15) is 23.7 Å². The molecule has 0 aliphatic rings. The number of aryl methyl sites for hydroxylation is 2. The van der Waals surface area contributed by atoms with Crippen LogP contribution in [0.3, 0.4) is 0 Å². The summed E-state index contributed by atoms with van der Waals surface area (Å²) in [7, 11) is 1.96. The van der Waals surface area contributed by atoms with Gasteiger partial charge in [0.15, 0.2) is 0 Å². The van der Waals surface area contributed by atoms with Crippen LogP contribution in [0.25, 0.3) is 10.9 Å². The van der Waals surface area contributed by atoms with Gasteiger partial charge < -0.3 is 5.73 Å². The van der Waals surface area contributed by atoms with Crippen molar-refractivity contribution in [2.24, 2.45) is 12.8 Å². The van der Waals surface area contributed by atoms with Crippen molar-refractivity contribution in [1.82, 2.24) is 14.8 Å². The van der Waals surface area contributed by atoms with Crippen LogP contribution in [-0.4, -0.2) is 14.8 Å². The minimum atomic E-state index is -0.0106. The van der Waals surface area contributed by atoms with E-state index in [1.807, 2.05) is 42.3 Å². The number of nitrogens with zero attached hydrogens (tertiary/aromatic N) is 3. The average Bonchev–Trinajstić information content (AvgIpc) is 2.89. The van der Waals surface area contributed by atoms with Gasteiger partial charge in [-0.05, 0) is 30.5 Å². The van der Waals surface area contributed by atoms with Crippen LogP contribution in [0.4, 0.5) is 0 Å². The number of benzene rings is 1. The number of aromatic nitrogens is 3. The largest absolute Gasteiger partial charge is 0.324 e. The quantitative estimate of drug-likeness (QED) is 0.789. The van der Waals surface area contributed by atoms with Gasteiger partial charge in [-0.2, -0.15) is 5.10 Å². The zero-order valence-corrected chi connectivity index (χ0v) is 11.5. The van der Waals surface area contributed by atoms with E-state index in [1.54, 1.807) is 0 Å². The molecule has 102 valence electrons. The van der Waals surface area contributed by atoms with E-state index in [0.29, 0.717) is 0 Å². The van der Waals surface area contributed by atoms with Crippen molar-refractivity contribution in [3.8, 4) is 0 Å². The molecule has 0 bridgehead atoms. The summed E-state index contributed by atoms with van der Waals surface area (Å²) in [6.45, 7) is 0. The van der Waals surface area contributed by atoms with Gasteiger partial charge in [-0.25, -0.2) is 0 Å². The Labute approximate surface area is 118 Å². The Bertz CT molecular complexity index is 712. The number of fused-ring (bicyclic) bond motifs is 1. The van der Waals surface area contributed by atoms with Gasteiger partial charge in [0.25, 0.3) is 0 Å². The second-order valence-corrected chi connectivity index (χ2v) is 5.01. The third-order valence-corrected chi connectivity index (χ3v) is 3.70. The minimum absolute atomic E-state index is 0.0106. The predicted octanol–water partition coefficient (Wildman–Crippen LogP) is 2.60. The van der Waals surface area contributed by atoms with Crippen LogP contribution in [0.2, 0.25) is 0 Å². The van der Waals surface area contributed by atoms with Gasteiger partial charge in [-0.1, -0.05) is 24.3 Å². The first-order chi connectivity index (χ1) is 9.75. The van der Waals surface area contributed by atoms with Gasteiger partial charge in [0, 0.05) is 36.6 Å². The van der Waals surface area contributed by atoms with E-state index >= 15 is 0 Å². The second kappa shape index (κ2) is 5.43. The van der Waals surface area contributed by atoms with Gasteiger partial charge in [0.1, 0.15) is 0 Å². The van der Waals surface area contributed by atoms with Crippen molar-refractivity contribution >= 4 is 10.9 Å². The van der Waals surface area contributed by atoms with Gasteiger partial charge in [-0.3, -0.25) is 9.67 Å². The Hall–Kier alpha value is -2.20. The highest BCUT2D eigenvalue weighted by atomic mass is 15.2. The fraction of sp³-hybridized carbons (Fsp3) is 0.250. The molecular weight excluding hydrogens is 248 g/mol. The lowest BCUT2D eigenvalue weighted by molar-refractivity contribution is 0.616. The summed E-state index contributed by atoms with van der Waals surface area (Å²) in [6.07, 6.45) is 5.44. The molecular formula is C16H18N4. The van der Waals surface area contributed by atoms with Gasteiger partial charge in [0.05, 0.1) is 5.52 Å². The zero-order chi connectivity index (χ0) is 13.9. The number of pyridine rings is 1. The monoisotopic (exact) mass is 266 g/mol. The predicted molar refractivity (Wildman–Crippen MR) is 80.2 cm³/mol. The molecule has 3 rings (SSSR count). The Morgan fingerprint density at radius 3 is 2.80 bits per heavy atom. The van der Waals surface area contributed by atoms with E-state index in [-0.39, 0.29) is 6.04 Å². The van der Waals surface area contributed by atoms with E-state index in [9.17, 15) is 0 Å². The van der Waals surface area contributed by atoms with Crippen molar-refractivity contribution < 1.29 is 0 Å². The highest BCUT2D eigenvalue weighted by Crippen LogP contribution is 2.23. The summed E-state index contributed by atoms with van der Waals surface area (Å²) in [6, 6.07) is 12.2. The molecule has 3 aromatic rings.